The highest BCUT2D eigenvalue weighted by Gasteiger charge is 2.23. The molecule has 0 spiro atoms. The normalized spacial score (nSPS) is 17.2. The lowest BCUT2D eigenvalue weighted by molar-refractivity contribution is 0.0696. The highest BCUT2D eigenvalue weighted by atomic mass is 16.4. The van der Waals surface area contributed by atoms with Gasteiger partial charge >= 0.3 is 5.97 Å². The van der Waals surface area contributed by atoms with Gasteiger partial charge in [-0.1, -0.05) is 0 Å². The van der Waals surface area contributed by atoms with E-state index in [0.717, 1.165) is 26.2 Å². The average molecular weight is 250 g/mol. The molecule has 0 unspecified atom stereocenters. The van der Waals surface area contributed by atoms with Gasteiger partial charge in [-0.15, -0.1) is 5.10 Å². The van der Waals surface area contributed by atoms with E-state index in [0.29, 0.717) is 11.9 Å². The molecule has 1 aromatic rings. The predicted octanol–water partition coefficient (Wildman–Crippen LogP) is 0.705. The monoisotopic (exact) mass is 250 g/mol. The smallest absolute Gasteiger partial charge is 0.339 e. The largest absolute Gasteiger partial charge is 0.478 e. The van der Waals surface area contributed by atoms with Gasteiger partial charge in [0.05, 0.1) is 6.20 Å². The maximum absolute atomic E-state index is 11.1. The number of anilines is 1. The molecule has 0 atom stereocenters. The van der Waals surface area contributed by atoms with Gasteiger partial charge in [-0.3, -0.25) is 4.90 Å². The van der Waals surface area contributed by atoms with E-state index in [2.05, 4.69) is 28.9 Å². The van der Waals surface area contributed by atoms with Gasteiger partial charge in [0.1, 0.15) is 5.56 Å². The van der Waals surface area contributed by atoms with E-state index in [1.54, 1.807) is 0 Å². The van der Waals surface area contributed by atoms with Crippen LogP contribution < -0.4 is 4.90 Å². The first-order valence-corrected chi connectivity index (χ1v) is 6.13. The van der Waals surface area contributed by atoms with Gasteiger partial charge in [-0.05, 0) is 19.9 Å². The summed E-state index contributed by atoms with van der Waals surface area (Å²) in [6.07, 6.45) is 1.41. The molecule has 18 heavy (non-hydrogen) atoms. The van der Waals surface area contributed by atoms with Gasteiger partial charge in [0.25, 0.3) is 0 Å². The van der Waals surface area contributed by atoms with Gasteiger partial charge in [0, 0.05) is 32.2 Å². The van der Waals surface area contributed by atoms with Crippen LogP contribution in [0.3, 0.4) is 0 Å². The highest BCUT2D eigenvalue weighted by molar-refractivity contribution is 5.93. The minimum Gasteiger partial charge on any atom is -0.478 e. The van der Waals surface area contributed by atoms with Crippen LogP contribution in [0.15, 0.2) is 12.3 Å². The van der Waals surface area contributed by atoms with Crippen molar-refractivity contribution in [3.8, 4) is 0 Å². The SMILES string of the molecule is CC(C)N1CCN(c2nnccc2C(=O)O)CC1. The Labute approximate surface area is 106 Å². The number of hydrogen-bond acceptors (Lipinski definition) is 5. The molecule has 0 aromatic carbocycles. The standard InChI is InChI=1S/C12H18N4O2/c1-9(2)15-5-7-16(8-6-15)11-10(12(17)18)3-4-13-14-11/h3-4,9H,5-8H2,1-2H3,(H,17,18). The van der Waals surface area contributed by atoms with Crippen LogP contribution in [0.2, 0.25) is 0 Å². The zero-order chi connectivity index (χ0) is 13.1. The number of carboxylic acid groups (broad SMARTS) is 1. The molecule has 1 aliphatic rings. The Balaban J connectivity index is 2.12. The van der Waals surface area contributed by atoms with Crippen LogP contribution in [0, 0.1) is 0 Å². The zero-order valence-corrected chi connectivity index (χ0v) is 10.7. The van der Waals surface area contributed by atoms with Crippen LogP contribution in [0.4, 0.5) is 5.82 Å². The lowest BCUT2D eigenvalue weighted by Gasteiger charge is -2.37. The summed E-state index contributed by atoms with van der Waals surface area (Å²) in [7, 11) is 0. The molecule has 6 nitrogen and oxygen atoms in total. The summed E-state index contributed by atoms with van der Waals surface area (Å²) in [4.78, 5) is 15.5. The third kappa shape index (κ3) is 2.59. The Bertz CT molecular complexity index is 428. The zero-order valence-electron chi connectivity index (χ0n) is 10.7. The van der Waals surface area contributed by atoms with Crippen molar-refractivity contribution in [1.29, 1.82) is 0 Å². The molecular weight excluding hydrogens is 232 g/mol. The van der Waals surface area contributed by atoms with Crippen LogP contribution >= 0.6 is 0 Å². The summed E-state index contributed by atoms with van der Waals surface area (Å²) in [5.74, 6) is -0.473. The Kier molecular flexibility index (Phi) is 3.76. The lowest BCUT2D eigenvalue weighted by atomic mass is 10.2. The number of carboxylic acids is 1. The first-order chi connectivity index (χ1) is 8.59. The fourth-order valence-electron chi connectivity index (χ4n) is 2.17. The molecule has 1 aliphatic heterocycles. The Morgan fingerprint density at radius 3 is 2.56 bits per heavy atom. The molecule has 2 rings (SSSR count). The molecule has 1 fully saturated rings. The number of piperazine rings is 1. The summed E-state index contributed by atoms with van der Waals surface area (Å²) >= 11 is 0. The number of aromatic carboxylic acids is 1. The molecule has 6 heteroatoms. The summed E-state index contributed by atoms with van der Waals surface area (Å²) in [6.45, 7) is 7.76. The molecule has 1 aromatic heterocycles. The van der Waals surface area contributed by atoms with Gasteiger partial charge in [0.2, 0.25) is 0 Å². The minimum absolute atomic E-state index is 0.225. The van der Waals surface area contributed by atoms with E-state index in [1.165, 1.54) is 12.3 Å². The molecule has 0 saturated carbocycles. The molecule has 1 N–H and O–H groups in total. The highest BCUT2D eigenvalue weighted by Crippen LogP contribution is 2.18. The average Bonchev–Trinajstić information content (AvgIpc) is 2.39. The minimum atomic E-state index is -0.953. The van der Waals surface area contributed by atoms with Crippen molar-refractivity contribution in [1.82, 2.24) is 15.1 Å². The van der Waals surface area contributed by atoms with Crippen LogP contribution in [0.1, 0.15) is 24.2 Å². The lowest BCUT2D eigenvalue weighted by Crippen LogP contribution is -2.49. The van der Waals surface area contributed by atoms with Crippen molar-refractivity contribution in [2.75, 3.05) is 31.1 Å². The Morgan fingerprint density at radius 1 is 1.33 bits per heavy atom. The number of nitrogens with zero attached hydrogens (tertiary/aromatic N) is 4. The number of rotatable bonds is 3. The topological polar surface area (TPSA) is 69.6 Å². The molecule has 98 valence electrons. The van der Waals surface area contributed by atoms with Crippen molar-refractivity contribution in [2.24, 2.45) is 0 Å². The summed E-state index contributed by atoms with van der Waals surface area (Å²) in [5, 5.41) is 16.9. The maximum Gasteiger partial charge on any atom is 0.339 e. The van der Waals surface area contributed by atoms with E-state index >= 15 is 0 Å². The van der Waals surface area contributed by atoms with E-state index in [4.69, 9.17) is 5.11 Å². The number of hydrogen-bond donors (Lipinski definition) is 1. The first-order valence-electron chi connectivity index (χ1n) is 6.13. The predicted molar refractivity (Wildman–Crippen MR) is 67.9 cm³/mol. The number of aromatic nitrogens is 2. The molecule has 0 radical (unpaired) electrons. The molecule has 2 heterocycles. The second-order valence-corrected chi connectivity index (χ2v) is 4.69. The van der Waals surface area contributed by atoms with Crippen LogP contribution in [-0.4, -0.2) is 58.4 Å². The van der Waals surface area contributed by atoms with Gasteiger partial charge < -0.3 is 10.0 Å². The van der Waals surface area contributed by atoms with Gasteiger partial charge in [-0.25, -0.2) is 4.79 Å². The fraction of sp³-hybridized carbons (Fsp3) is 0.583. The van der Waals surface area contributed by atoms with Crippen molar-refractivity contribution >= 4 is 11.8 Å². The summed E-state index contributed by atoms with van der Waals surface area (Å²) in [5.41, 5.74) is 0.225. The summed E-state index contributed by atoms with van der Waals surface area (Å²) < 4.78 is 0. The molecular formula is C12H18N4O2. The maximum atomic E-state index is 11.1. The molecule has 1 saturated heterocycles. The van der Waals surface area contributed by atoms with E-state index in [-0.39, 0.29) is 5.56 Å². The van der Waals surface area contributed by atoms with Crippen molar-refractivity contribution in [3.63, 3.8) is 0 Å². The quantitative estimate of drug-likeness (QED) is 0.852. The van der Waals surface area contributed by atoms with E-state index < -0.39 is 5.97 Å². The fourth-order valence-corrected chi connectivity index (χ4v) is 2.17. The van der Waals surface area contributed by atoms with Gasteiger partial charge in [0.15, 0.2) is 5.82 Å². The van der Waals surface area contributed by atoms with Crippen LogP contribution in [0.5, 0.6) is 0 Å². The van der Waals surface area contributed by atoms with E-state index in [1.807, 2.05) is 4.90 Å². The number of carbonyl (C=O) groups is 1. The van der Waals surface area contributed by atoms with Crippen LogP contribution in [-0.2, 0) is 0 Å². The Morgan fingerprint density at radius 2 is 2.00 bits per heavy atom. The Hall–Kier alpha value is -1.69. The first kappa shape index (κ1) is 12.8. The second kappa shape index (κ2) is 5.30. The molecule has 0 aliphatic carbocycles. The van der Waals surface area contributed by atoms with Gasteiger partial charge in [-0.2, -0.15) is 5.10 Å². The van der Waals surface area contributed by atoms with Crippen molar-refractivity contribution in [3.05, 3.63) is 17.8 Å². The van der Waals surface area contributed by atoms with Crippen LogP contribution in [0.25, 0.3) is 0 Å². The molecule has 0 amide bonds. The van der Waals surface area contributed by atoms with Crippen molar-refractivity contribution in [2.45, 2.75) is 19.9 Å². The molecule has 0 bridgehead atoms. The third-order valence-corrected chi connectivity index (χ3v) is 3.28. The summed E-state index contributed by atoms with van der Waals surface area (Å²) in [6, 6.07) is 2.02. The second-order valence-electron chi connectivity index (χ2n) is 4.69. The van der Waals surface area contributed by atoms with Crippen molar-refractivity contribution < 1.29 is 9.90 Å². The van der Waals surface area contributed by atoms with E-state index in [9.17, 15) is 4.79 Å². The third-order valence-electron chi connectivity index (χ3n) is 3.28.